The van der Waals surface area contributed by atoms with Gasteiger partial charge in [-0.15, -0.1) is 0 Å². The van der Waals surface area contributed by atoms with Gasteiger partial charge in [0.15, 0.2) is 0 Å². The quantitative estimate of drug-likeness (QED) is 0.773. The Hall–Kier alpha value is -2.00. The van der Waals surface area contributed by atoms with Crippen molar-refractivity contribution in [3.05, 3.63) is 59.7 Å². The second kappa shape index (κ2) is 5.56. The predicted octanol–water partition coefficient (Wildman–Crippen LogP) is 2.95. The first kappa shape index (κ1) is 12.5. The van der Waals surface area contributed by atoms with E-state index in [2.05, 4.69) is 12.2 Å². The van der Waals surface area contributed by atoms with E-state index in [-0.39, 0.29) is 17.5 Å². The molecule has 3 heteroatoms. The number of phenolic OH excluding ortho intramolecular Hbond substituents is 2. The standard InChI is InChI=1S/C15H17NO2/c1-11(13-4-8-15(18)9-5-13)16-10-12-2-6-14(17)7-3-12/h2-9,11,16-18H,10H2,1H3. The van der Waals surface area contributed by atoms with Gasteiger partial charge in [0.05, 0.1) is 0 Å². The van der Waals surface area contributed by atoms with Gasteiger partial charge in [0.1, 0.15) is 11.5 Å². The Morgan fingerprint density at radius 3 is 1.94 bits per heavy atom. The van der Waals surface area contributed by atoms with Crippen LogP contribution in [-0.4, -0.2) is 10.2 Å². The summed E-state index contributed by atoms with van der Waals surface area (Å²) in [5.74, 6) is 0.565. The van der Waals surface area contributed by atoms with Gasteiger partial charge in [-0.05, 0) is 42.3 Å². The molecule has 0 aromatic heterocycles. The first-order valence-electron chi connectivity index (χ1n) is 5.95. The molecule has 1 atom stereocenters. The van der Waals surface area contributed by atoms with Gasteiger partial charge in [-0.1, -0.05) is 24.3 Å². The minimum absolute atomic E-state index is 0.208. The highest BCUT2D eigenvalue weighted by atomic mass is 16.3. The number of aromatic hydroxyl groups is 2. The van der Waals surface area contributed by atoms with Gasteiger partial charge < -0.3 is 15.5 Å². The first-order valence-corrected chi connectivity index (χ1v) is 5.95. The zero-order chi connectivity index (χ0) is 13.0. The fourth-order valence-electron chi connectivity index (χ4n) is 1.77. The third-order valence-corrected chi connectivity index (χ3v) is 2.94. The Balaban J connectivity index is 1.93. The molecule has 0 spiro atoms. The van der Waals surface area contributed by atoms with Crippen LogP contribution >= 0.6 is 0 Å². The molecule has 0 saturated heterocycles. The molecular formula is C15H17NO2. The minimum Gasteiger partial charge on any atom is -0.508 e. The third kappa shape index (κ3) is 3.25. The van der Waals surface area contributed by atoms with Crippen LogP contribution in [0, 0.1) is 0 Å². The fraction of sp³-hybridized carbons (Fsp3) is 0.200. The molecule has 18 heavy (non-hydrogen) atoms. The predicted molar refractivity (Wildman–Crippen MR) is 71.5 cm³/mol. The van der Waals surface area contributed by atoms with Gasteiger partial charge in [0.2, 0.25) is 0 Å². The van der Waals surface area contributed by atoms with Crippen LogP contribution in [0.4, 0.5) is 0 Å². The van der Waals surface area contributed by atoms with Gasteiger partial charge in [0.25, 0.3) is 0 Å². The summed E-state index contributed by atoms with van der Waals surface area (Å²) in [6, 6.07) is 14.6. The summed E-state index contributed by atoms with van der Waals surface area (Å²) in [5.41, 5.74) is 2.25. The molecule has 0 radical (unpaired) electrons. The zero-order valence-electron chi connectivity index (χ0n) is 10.3. The summed E-state index contributed by atoms with van der Waals surface area (Å²) in [7, 11) is 0. The molecule has 0 fully saturated rings. The SMILES string of the molecule is CC(NCc1ccc(O)cc1)c1ccc(O)cc1. The van der Waals surface area contributed by atoms with Crippen molar-refractivity contribution in [2.24, 2.45) is 0 Å². The largest absolute Gasteiger partial charge is 0.508 e. The van der Waals surface area contributed by atoms with E-state index in [0.717, 1.165) is 17.7 Å². The lowest BCUT2D eigenvalue weighted by molar-refractivity contribution is 0.474. The van der Waals surface area contributed by atoms with Crippen molar-refractivity contribution in [2.45, 2.75) is 19.5 Å². The van der Waals surface area contributed by atoms with E-state index in [1.54, 1.807) is 24.3 Å². The number of rotatable bonds is 4. The number of hydrogen-bond donors (Lipinski definition) is 3. The summed E-state index contributed by atoms with van der Waals surface area (Å²) in [6.07, 6.45) is 0. The molecule has 0 bridgehead atoms. The van der Waals surface area contributed by atoms with E-state index in [1.807, 2.05) is 24.3 Å². The van der Waals surface area contributed by atoms with Crippen LogP contribution in [0.5, 0.6) is 11.5 Å². The zero-order valence-corrected chi connectivity index (χ0v) is 10.3. The summed E-state index contributed by atoms with van der Waals surface area (Å²) in [4.78, 5) is 0. The molecule has 2 aromatic carbocycles. The number of phenols is 2. The van der Waals surface area contributed by atoms with Crippen molar-refractivity contribution in [3.63, 3.8) is 0 Å². The molecule has 0 amide bonds. The van der Waals surface area contributed by atoms with Crippen molar-refractivity contribution in [3.8, 4) is 11.5 Å². The second-order valence-corrected chi connectivity index (χ2v) is 4.36. The van der Waals surface area contributed by atoms with E-state index in [9.17, 15) is 10.2 Å². The molecular weight excluding hydrogens is 226 g/mol. The van der Waals surface area contributed by atoms with E-state index in [0.29, 0.717) is 0 Å². The maximum atomic E-state index is 9.23. The lowest BCUT2D eigenvalue weighted by Crippen LogP contribution is -2.17. The summed E-state index contributed by atoms with van der Waals surface area (Å²) in [6.45, 7) is 2.81. The highest BCUT2D eigenvalue weighted by Gasteiger charge is 2.04. The molecule has 3 nitrogen and oxygen atoms in total. The van der Waals surface area contributed by atoms with Crippen LogP contribution in [0.3, 0.4) is 0 Å². The van der Waals surface area contributed by atoms with Crippen molar-refractivity contribution >= 4 is 0 Å². The van der Waals surface area contributed by atoms with Crippen LogP contribution in [0.15, 0.2) is 48.5 Å². The van der Waals surface area contributed by atoms with Gasteiger partial charge in [0, 0.05) is 12.6 Å². The van der Waals surface area contributed by atoms with E-state index < -0.39 is 0 Å². The molecule has 2 aromatic rings. The normalized spacial score (nSPS) is 12.3. The van der Waals surface area contributed by atoms with Gasteiger partial charge in [-0.25, -0.2) is 0 Å². The monoisotopic (exact) mass is 243 g/mol. The molecule has 0 aliphatic heterocycles. The average Bonchev–Trinajstić information content (AvgIpc) is 2.38. The Labute approximate surface area is 107 Å². The Morgan fingerprint density at radius 2 is 1.39 bits per heavy atom. The molecule has 0 aliphatic rings. The molecule has 0 aliphatic carbocycles. The molecule has 2 rings (SSSR count). The van der Waals surface area contributed by atoms with Crippen molar-refractivity contribution in [1.82, 2.24) is 5.32 Å². The van der Waals surface area contributed by atoms with Crippen LogP contribution in [0.25, 0.3) is 0 Å². The summed E-state index contributed by atoms with van der Waals surface area (Å²) in [5, 5.41) is 21.8. The third-order valence-electron chi connectivity index (χ3n) is 2.94. The molecule has 0 heterocycles. The van der Waals surface area contributed by atoms with Gasteiger partial charge in [-0.3, -0.25) is 0 Å². The average molecular weight is 243 g/mol. The Morgan fingerprint density at radius 1 is 0.889 bits per heavy atom. The maximum Gasteiger partial charge on any atom is 0.115 e. The summed E-state index contributed by atoms with van der Waals surface area (Å²) >= 11 is 0. The van der Waals surface area contributed by atoms with Crippen LogP contribution in [0.1, 0.15) is 24.1 Å². The van der Waals surface area contributed by atoms with E-state index in [4.69, 9.17) is 0 Å². The summed E-state index contributed by atoms with van der Waals surface area (Å²) < 4.78 is 0. The molecule has 3 N–H and O–H groups in total. The molecule has 1 unspecified atom stereocenters. The number of hydrogen-bond acceptors (Lipinski definition) is 3. The van der Waals surface area contributed by atoms with Crippen LogP contribution in [-0.2, 0) is 6.54 Å². The van der Waals surface area contributed by atoms with E-state index in [1.165, 1.54) is 0 Å². The smallest absolute Gasteiger partial charge is 0.115 e. The van der Waals surface area contributed by atoms with E-state index >= 15 is 0 Å². The van der Waals surface area contributed by atoms with Gasteiger partial charge in [-0.2, -0.15) is 0 Å². The number of nitrogens with one attached hydrogen (secondary N) is 1. The Bertz CT molecular complexity index is 491. The van der Waals surface area contributed by atoms with Crippen molar-refractivity contribution in [2.75, 3.05) is 0 Å². The first-order chi connectivity index (χ1) is 8.65. The Kier molecular flexibility index (Phi) is 3.85. The topological polar surface area (TPSA) is 52.5 Å². The molecule has 94 valence electrons. The maximum absolute atomic E-state index is 9.23. The highest BCUT2D eigenvalue weighted by molar-refractivity contribution is 5.28. The lowest BCUT2D eigenvalue weighted by atomic mass is 10.1. The highest BCUT2D eigenvalue weighted by Crippen LogP contribution is 2.17. The van der Waals surface area contributed by atoms with Crippen LogP contribution < -0.4 is 5.32 Å². The second-order valence-electron chi connectivity index (χ2n) is 4.36. The number of benzene rings is 2. The fourth-order valence-corrected chi connectivity index (χ4v) is 1.77. The lowest BCUT2D eigenvalue weighted by Gasteiger charge is -2.14. The molecule has 0 saturated carbocycles. The van der Waals surface area contributed by atoms with Crippen LogP contribution in [0.2, 0.25) is 0 Å². The van der Waals surface area contributed by atoms with Crippen molar-refractivity contribution < 1.29 is 10.2 Å². The minimum atomic E-state index is 0.208. The van der Waals surface area contributed by atoms with Gasteiger partial charge >= 0.3 is 0 Å². The van der Waals surface area contributed by atoms with Crippen molar-refractivity contribution in [1.29, 1.82) is 0 Å².